The van der Waals surface area contributed by atoms with Crippen molar-refractivity contribution in [2.75, 3.05) is 5.32 Å². The Labute approximate surface area is 135 Å². The standard InChI is InChI=1S/C15H10BrCl2NO/c16-13-9-12(18)5-6-14(13)19-8-7-15(20)10-1-3-11(17)4-2-10/h1-9,19H/b8-7+. The maximum atomic E-state index is 11.9. The van der Waals surface area contributed by atoms with Gasteiger partial charge in [-0.15, -0.1) is 0 Å². The van der Waals surface area contributed by atoms with Crippen LogP contribution in [0.25, 0.3) is 0 Å². The first kappa shape index (κ1) is 15.1. The number of carbonyl (C=O) groups excluding carboxylic acids is 1. The molecule has 0 spiro atoms. The SMILES string of the molecule is O=C(/C=C/Nc1ccc(Cl)cc1Br)c1ccc(Cl)cc1. The Bertz CT molecular complexity index is 653. The monoisotopic (exact) mass is 369 g/mol. The second kappa shape index (κ2) is 6.93. The van der Waals surface area contributed by atoms with Gasteiger partial charge in [-0.25, -0.2) is 0 Å². The molecule has 0 saturated heterocycles. The van der Waals surface area contributed by atoms with Crippen LogP contribution in [0, 0.1) is 0 Å². The molecule has 2 aromatic rings. The third-order valence-corrected chi connectivity index (χ3v) is 3.68. The van der Waals surface area contributed by atoms with Crippen LogP contribution < -0.4 is 5.32 Å². The quantitative estimate of drug-likeness (QED) is 0.563. The molecule has 102 valence electrons. The topological polar surface area (TPSA) is 29.1 Å². The zero-order chi connectivity index (χ0) is 14.5. The smallest absolute Gasteiger partial charge is 0.187 e. The van der Waals surface area contributed by atoms with Crippen LogP contribution in [0.3, 0.4) is 0 Å². The molecule has 0 unspecified atom stereocenters. The van der Waals surface area contributed by atoms with Crippen molar-refractivity contribution < 1.29 is 4.79 Å². The third-order valence-electron chi connectivity index (χ3n) is 2.53. The van der Waals surface area contributed by atoms with Gasteiger partial charge in [-0.3, -0.25) is 4.79 Å². The Morgan fingerprint density at radius 1 is 1.05 bits per heavy atom. The summed E-state index contributed by atoms with van der Waals surface area (Å²) in [6.45, 7) is 0. The molecular formula is C15H10BrCl2NO. The predicted octanol–water partition coefficient (Wildman–Crippen LogP) is 5.56. The molecule has 2 aromatic carbocycles. The van der Waals surface area contributed by atoms with Crippen LogP contribution in [0.4, 0.5) is 5.69 Å². The highest BCUT2D eigenvalue weighted by Gasteiger charge is 2.01. The molecular weight excluding hydrogens is 361 g/mol. The summed E-state index contributed by atoms with van der Waals surface area (Å²) >= 11 is 15.0. The number of nitrogens with one attached hydrogen (secondary N) is 1. The van der Waals surface area contributed by atoms with Crippen LogP contribution in [0.5, 0.6) is 0 Å². The summed E-state index contributed by atoms with van der Waals surface area (Å²) < 4.78 is 0.827. The van der Waals surface area contributed by atoms with Crippen molar-refractivity contribution >= 4 is 50.6 Å². The van der Waals surface area contributed by atoms with Crippen molar-refractivity contribution in [3.05, 3.63) is 74.8 Å². The van der Waals surface area contributed by atoms with Crippen LogP contribution in [0.15, 0.2) is 59.2 Å². The first-order chi connectivity index (χ1) is 9.56. The Balaban J connectivity index is 2.02. The number of ketones is 1. The van der Waals surface area contributed by atoms with Crippen LogP contribution in [-0.2, 0) is 0 Å². The Morgan fingerprint density at radius 2 is 1.70 bits per heavy atom. The minimum atomic E-state index is -0.0979. The number of carbonyl (C=O) groups is 1. The molecule has 1 N–H and O–H groups in total. The fraction of sp³-hybridized carbons (Fsp3) is 0. The maximum Gasteiger partial charge on any atom is 0.187 e. The summed E-state index contributed by atoms with van der Waals surface area (Å²) in [7, 11) is 0. The Kier molecular flexibility index (Phi) is 5.24. The van der Waals surface area contributed by atoms with E-state index in [-0.39, 0.29) is 5.78 Å². The number of rotatable bonds is 4. The van der Waals surface area contributed by atoms with Gasteiger partial charge in [-0.05, 0) is 58.4 Å². The average Bonchev–Trinajstić information content (AvgIpc) is 2.42. The van der Waals surface area contributed by atoms with E-state index in [1.54, 1.807) is 42.6 Å². The molecule has 0 radical (unpaired) electrons. The van der Waals surface area contributed by atoms with E-state index in [0.29, 0.717) is 15.6 Å². The minimum Gasteiger partial charge on any atom is -0.361 e. The van der Waals surface area contributed by atoms with E-state index in [2.05, 4.69) is 21.2 Å². The van der Waals surface area contributed by atoms with Gasteiger partial charge in [0, 0.05) is 32.4 Å². The van der Waals surface area contributed by atoms with E-state index in [1.807, 2.05) is 6.07 Å². The minimum absolute atomic E-state index is 0.0979. The van der Waals surface area contributed by atoms with Gasteiger partial charge in [0.25, 0.3) is 0 Å². The number of hydrogen-bond donors (Lipinski definition) is 1. The van der Waals surface area contributed by atoms with Crippen molar-refractivity contribution in [1.29, 1.82) is 0 Å². The fourth-order valence-corrected chi connectivity index (χ4v) is 2.45. The molecule has 0 aliphatic heterocycles. The van der Waals surface area contributed by atoms with Crippen LogP contribution >= 0.6 is 39.1 Å². The first-order valence-electron chi connectivity index (χ1n) is 5.74. The normalized spacial score (nSPS) is 10.8. The van der Waals surface area contributed by atoms with E-state index in [0.717, 1.165) is 10.2 Å². The number of benzene rings is 2. The van der Waals surface area contributed by atoms with Gasteiger partial charge >= 0.3 is 0 Å². The fourth-order valence-electron chi connectivity index (χ4n) is 1.52. The van der Waals surface area contributed by atoms with Gasteiger partial charge in [0.1, 0.15) is 0 Å². The summed E-state index contributed by atoms with van der Waals surface area (Å²) in [5.74, 6) is -0.0979. The molecule has 0 aromatic heterocycles. The molecule has 5 heteroatoms. The summed E-state index contributed by atoms with van der Waals surface area (Å²) in [5.41, 5.74) is 1.41. The second-order valence-corrected chi connectivity index (χ2v) is 5.70. The molecule has 2 rings (SSSR count). The average molecular weight is 371 g/mol. The van der Waals surface area contributed by atoms with E-state index in [1.165, 1.54) is 6.08 Å². The van der Waals surface area contributed by atoms with Gasteiger partial charge in [0.05, 0.1) is 5.69 Å². The second-order valence-electron chi connectivity index (χ2n) is 3.97. The predicted molar refractivity (Wildman–Crippen MR) is 87.7 cm³/mol. The Morgan fingerprint density at radius 3 is 2.35 bits per heavy atom. The molecule has 0 aliphatic carbocycles. The lowest BCUT2D eigenvalue weighted by molar-refractivity contribution is 0.104. The highest BCUT2D eigenvalue weighted by molar-refractivity contribution is 9.10. The lowest BCUT2D eigenvalue weighted by Crippen LogP contribution is -1.96. The largest absolute Gasteiger partial charge is 0.361 e. The Hall–Kier alpha value is -1.29. The molecule has 0 atom stereocenters. The number of anilines is 1. The van der Waals surface area contributed by atoms with Crippen molar-refractivity contribution in [3.8, 4) is 0 Å². The molecule has 0 fully saturated rings. The van der Waals surface area contributed by atoms with Crippen molar-refractivity contribution in [2.45, 2.75) is 0 Å². The molecule has 0 aliphatic rings. The highest BCUT2D eigenvalue weighted by atomic mass is 79.9. The molecule has 0 heterocycles. The zero-order valence-corrected chi connectivity index (χ0v) is 13.3. The van der Waals surface area contributed by atoms with Crippen molar-refractivity contribution in [2.24, 2.45) is 0 Å². The number of halogens is 3. The third kappa shape index (κ3) is 4.10. The van der Waals surface area contributed by atoms with Gasteiger partial charge in [0.2, 0.25) is 0 Å². The summed E-state index contributed by atoms with van der Waals surface area (Å²) in [6.07, 6.45) is 3.05. The van der Waals surface area contributed by atoms with Gasteiger partial charge in [-0.1, -0.05) is 23.2 Å². The van der Waals surface area contributed by atoms with Crippen LogP contribution in [0.1, 0.15) is 10.4 Å². The lowest BCUT2D eigenvalue weighted by Gasteiger charge is -2.04. The highest BCUT2D eigenvalue weighted by Crippen LogP contribution is 2.25. The number of allylic oxidation sites excluding steroid dienone is 1. The van der Waals surface area contributed by atoms with Gasteiger partial charge in [0.15, 0.2) is 5.78 Å². The molecule has 2 nitrogen and oxygen atoms in total. The molecule has 0 saturated carbocycles. The van der Waals surface area contributed by atoms with Gasteiger partial charge in [-0.2, -0.15) is 0 Å². The summed E-state index contributed by atoms with van der Waals surface area (Å²) in [5, 5.41) is 4.27. The van der Waals surface area contributed by atoms with Crippen molar-refractivity contribution in [1.82, 2.24) is 0 Å². The molecule has 0 amide bonds. The van der Waals surface area contributed by atoms with E-state index >= 15 is 0 Å². The molecule has 20 heavy (non-hydrogen) atoms. The van der Waals surface area contributed by atoms with E-state index < -0.39 is 0 Å². The lowest BCUT2D eigenvalue weighted by atomic mass is 10.1. The van der Waals surface area contributed by atoms with E-state index in [4.69, 9.17) is 23.2 Å². The zero-order valence-electron chi connectivity index (χ0n) is 10.2. The maximum absolute atomic E-state index is 11.9. The van der Waals surface area contributed by atoms with Crippen LogP contribution in [-0.4, -0.2) is 5.78 Å². The summed E-state index contributed by atoms with van der Waals surface area (Å²) in [4.78, 5) is 11.9. The molecule has 0 bridgehead atoms. The van der Waals surface area contributed by atoms with Gasteiger partial charge < -0.3 is 5.32 Å². The first-order valence-corrected chi connectivity index (χ1v) is 7.29. The van der Waals surface area contributed by atoms with Crippen LogP contribution in [0.2, 0.25) is 10.0 Å². The van der Waals surface area contributed by atoms with E-state index in [9.17, 15) is 4.79 Å². The van der Waals surface area contributed by atoms with Crippen molar-refractivity contribution in [3.63, 3.8) is 0 Å². The summed E-state index contributed by atoms with van der Waals surface area (Å²) in [6, 6.07) is 12.1. The number of hydrogen-bond acceptors (Lipinski definition) is 2.